The summed E-state index contributed by atoms with van der Waals surface area (Å²) in [6.07, 6.45) is 5.78. The summed E-state index contributed by atoms with van der Waals surface area (Å²) >= 11 is 0. The van der Waals surface area contributed by atoms with Crippen molar-refractivity contribution >= 4 is 5.78 Å². The van der Waals surface area contributed by atoms with Crippen LogP contribution in [0.4, 0.5) is 0 Å². The number of ether oxygens (including phenoxy) is 2. The summed E-state index contributed by atoms with van der Waals surface area (Å²) in [5.74, 6) is 1.50. The molecular weight excluding hydrogens is 264 g/mol. The lowest BCUT2D eigenvalue weighted by atomic mass is 9.47. The maximum Gasteiger partial charge on any atom is 0.163 e. The summed E-state index contributed by atoms with van der Waals surface area (Å²) in [6.45, 7) is 9.11. The molecule has 1 aliphatic heterocycles. The number of allylic oxidation sites excluding steroid dienone is 1. The Bertz CT molecular complexity index is 521. The molecule has 0 aromatic heterocycles. The first-order valence-electron chi connectivity index (χ1n) is 8.40. The van der Waals surface area contributed by atoms with Crippen molar-refractivity contribution in [1.82, 2.24) is 0 Å². The molecule has 1 saturated heterocycles. The van der Waals surface area contributed by atoms with Gasteiger partial charge in [0.05, 0.1) is 12.7 Å². The van der Waals surface area contributed by atoms with E-state index in [0.29, 0.717) is 23.5 Å². The molecule has 0 aromatic carbocycles. The van der Waals surface area contributed by atoms with Crippen LogP contribution in [0.3, 0.4) is 0 Å². The minimum Gasteiger partial charge on any atom is -0.350 e. The Balaban J connectivity index is 1.77. The summed E-state index contributed by atoms with van der Waals surface area (Å²) in [5.41, 5.74) is 1.16. The van der Waals surface area contributed by atoms with Crippen molar-refractivity contribution in [2.24, 2.45) is 29.1 Å². The lowest BCUT2D eigenvalue weighted by molar-refractivity contribution is -0.308. The fraction of sp³-hybridized carbons (Fsp3) is 0.833. The van der Waals surface area contributed by atoms with E-state index in [0.717, 1.165) is 19.4 Å². The predicted molar refractivity (Wildman–Crippen MR) is 79.6 cm³/mol. The van der Waals surface area contributed by atoms with Gasteiger partial charge in [-0.3, -0.25) is 4.79 Å². The average molecular weight is 290 g/mol. The molecule has 3 unspecified atom stereocenters. The number of rotatable bonds is 0. The van der Waals surface area contributed by atoms with Gasteiger partial charge in [-0.2, -0.15) is 0 Å². The van der Waals surface area contributed by atoms with Crippen LogP contribution in [0.25, 0.3) is 0 Å². The highest BCUT2D eigenvalue weighted by molar-refractivity contribution is 5.92. The van der Waals surface area contributed by atoms with E-state index in [1.165, 1.54) is 12.0 Å². The second kappa shape index (κ2) is 4.20. The molecule has 0 spiro atoms. The number of ketones is 1. The van der Waals surface area contributed by atoms with E-state index in [1.54, 1.807) is 0 Å². The van der Waals surface area contributed by atoms with Gasteiger partial charge in [0.15, 0.2) is 5.79 Å². The molecule has 0 aromatic rings. The monoisotopic (exact) mass is 290 g/mol. The Hall–Kier alpha value is -0.670. The van der Waals surface area contributed by atoms with E-state index in [1.807, 2.05) is 13.8 Å². The minimum atomic E-state index is -0.492. The molecular formula is C18H26O3. The number of fused-ring (bicyclic) bond motifs is 3. The Kier molecular flexibility index (Phi) is 2.79. The summed E-state index contributed by atoms with van der Waals surface area (Å²) in [7, 11) is 0. The van der Waals surface area contributed by atoms with Gasteiger partial charge in [0.2, 0.25) is 0 Å². The van der Waals surface area contributed by atoms with Crippen LogP contribution in [-0.2, 0) is 14.3 Å². The SMILES string of the molecule is CC1C(=O)C2(C)CCC1[C@@H]1C2=CC[C@H]2COC(C)(C)O[C@H]21. The van der Waals surface area contributed by atoms with Crippen molar-refractivity contribution < 1.29 is 14.3 Å². The van der Waals surface area contributed by atoms with Gasteiger partial charge in [0, 0.05) is 23.2 Å². The predicted octanol–water partition coefficient (Wildman–Crippen LogP) is 3.34. The molecule has 0 N–H and O–H groups in total. The van der Waals surface area contributed by atoms with Crippen LogP contribution in [0.2, 0.25) is 0 Å². The van der Waals surface area contributed by atoms with Crippen molar-refractivity contribution in [3.8, 4) is 0 Å². The first-order chi connectivity index (χ1) is 9.83. The largest absolute Gasteiger partial charge is 0.350 e. The summed E-state index contributed by atoms with van der Waals surface area (Å²) < 4.78 is 12.2. The number of Topliss-reactive ketones (excluding diaryl/α,β-unsaturated/α-hetero) is 1. The highest BCUT2D eigenvalue weighted by atomic mass is 16.7. The van der Waals surface area contributed by atoms with Gasteiger partial charge in [-0.25, -0.2) is 0 Å². The quantitative estimate of drug-likeness (QED) is 0.642. The third kappa shape index (κ3) is 1.77. The van der Waals surface area contributed by atoms with Crippen molar-refractivity contribution in [2.45, 2.75) is 58.8 Å². The molecule has 3 heteroatoms. The molecule has 4 fully saturated rings. The second-order valence-electron chi connectivity index (χ2n) is 8.16. The van der Waals surface area contributed by atoms with E-state index in [4.69, 9.17) is 9.47 Å². The fourth-order valence-corrected chi connectivity index (χ4v) is 5.39. The molecule has 1 heterocycles. The topological polar surface area (TPSA) is 35.5 Å². The fourth-order valence-electron chi connectivity index (χ4n) is 5.39. The lowest BCUT2D eigenvalue weighted by Crippen LogP contribution is -2.61. The molecule has 21 heavy (non-hydrogen) atoms. The smallest absolute Gasteiger partial charge is 0.163 e. The van der Waals surface area contributed by atoms with Gasteiger partial charge in [0.25, 0.3) is 0 Å². The van der Waals surface area contributed by atoms with Crippen molar-refractivity contribution in [2.75, 3.05) is 6.61 Å². The van der Waals surface area contributed by atoms with Gasteiger partial charge < -0.3 is 9.47 Å². The van der Waals surface area contributed by atoms with Gasteiger partial charge in [-0.15, -0.1) is 0 Å². The molecule has 2 bridgehead atoms. The summed E-state index contributed by atoms with van der Waals surface area (Å²) in [5, 5.41) is 0. The van der Waals surface area contributed by atoms with Gasteiger partial charge in [-0.1, -0.05) is 18.6 Å². The first kappa shape index (κ1) is 14.0. The van der Waals surface area contributed by atoms with Crippen LogP contribution < -0.4 is 0 Å². The summed E-state index contributed by atoms with van der Waals surface area (Å²) in [4.78, 5) is 12.7. The van der Waals surface area contributed by atoms with Gasteiger partial charge in [0.1, 0.15) is 5.78 Å². The van der Waals surface area contributed by atoms with Crippen LogP contribution >= 0.6 is 0 Å². The van der Waals surface area contributed by atoms with E-state index in [9.17, 15) is 4.79 Å². The van der Waals surface area contributed by atoms with Crippen LogP contribution in [0.5, 0.6) is 0 Å². The molecule has 3 nitrogen and oxygen atoms in total. The highest BCUT2D eigenvalue weighted by Crippen LogP contribution is 2.60. The molecule has 0 amide bonds. The van der Waals surface area contributed by atoms with E-state index < -0.39 is 5.79 Å². The zero-order chi connectivity index (χ0) is 15.0. The number of hydrogen-bond donors (Lipinski definition) is 0. The van der Waals surface area contributed by atoms with E-state index in [2.05, 4.69) is 19.9 Å². The summed E-state index contributed by atoms with van der Waals surface area (Å²) in [6, 6.07) is 0. The molecule has 5 aliphatic rings. The van der Waals surface area contributed by atoms with Crippen molar-refractivity contribution in [3.05, 3.63) is 11.6 Å². The van der Waals surface area contributed by atoms with Crippen molar-refractivity contribution in [1.29, 1.82) is 0 Å². The molecule has 5 rings (SSSR count). The van der Waals surface area contributed by atoms with E-state index in [-0.39, 0.29) is 17.4 Å². The van der Waals surface area contributed by atoms with E-state index >= 15 is 0 Å². The normalized spacial score (nSPS) is 51.1. The zero-order valence-corrected chi connectivity index (χ0v) is 13.5. The average Bonchev–Trinajstić information content (AvgIpc) is 2.43. The Morgan fingerprint density at radius 2 is 2.05 bits per heavy atom. The van der Waals surface area contributed by atoms with Gasteiger partial charge in [-0.05, 0) is 46.0 Å². The number of carbonyl (C=O) groups excluding carboxylic acids is 1. The zero-order valence-electron chi connectivity index (χ0n) is 13.5. The molecule has 4 aliphatic carbocycles. The standard InChI is InChI=1S/C18H26O3/c1-10-12-7-8-18(4,16(10)19)13-6-5-11-9-20-17(2,3)21-15(11)14(12)13/h6,10-12,14-15H,5,7-9H2,1-4H3/t10?,11-,12?,14+,15+,18?/m0/s1. The number of carbonyl (C=O) groups is 1. The molecule has 3 saturated carbocycles. The second-order valence-corrected chi connectivity index (χ2v) is 8.16. The van der Waals surface area contributed by atoms with Crippen molar-refractivity contribution in [3.63, 3.8) is 0 Å². The van der Waals surface area contributed by atoms with Crippen LogP contribution in [0.15, 0.2) is 11.6 Å². The Labute approximate surface area is 127 Å². The maximum atomic E-state index is 12.7. The third-order valence-electron chi connectivity index (χ3n) is 6.56. The lowest BCUT2D eigenvalue weighted by Gasteiger charge is -2.59. The molecule has 116 valence electrons. The Morgan fingerprint density at radius 1 is 1.29 bits per heavy atom. The van der Waals surface area contributed by atoms with Crippen LogP contribution in [0, 0.1) is 29.1 Å². The van der Waals surface area contributed by atoms with Gasteiger partial charge >= 0.3 is 0 Å². The maximum absolute atomic E-state index is 12.7. The first-order valence-corrected chi connectivity index (χ1v) is 8.40. The number of hydrogen-bond acceptors (Lipinski definition) is 3. The van der Waals surface area contributed by atoms with Crippen LogP contribution in [-0.4, -0.2) is 24.3 Å². The molecule has 0 radical (unpaired) electrons. The third-order valence-corrected chi connectivity index (χ3v) is 6.56. The highest BCUT2D eigenvalue weighted by Gasteiger charge is 2.60. The van der Waals surface area contributed by atoms with Crippen LogP contribution in [0.1, 0.15) is 47.0 Å². The Morgan fingerprint density at radius 3 is 2.81 bits per heavy atom. The molecule has 6 atom stereocenters. The minimum absolute atomic E-state index is 0.180.